The fraction of sp³-hybridized carbons (Fsp3) is 0.429. The Bertz CT molecular complexity index is 486. The lowest BCUT2D eigenvalue weighted by atomic mass is 10.1. The van der Waals surface area contributed by atoms with Crippen LogP contribution in [0.3, 0.4) is 0 Å². The minimum absolute atomic E-state index is 0.0664. The van der Waals surface area contributed by atoms with Crippen LogP contribution in [0.1, 0.15) is 17.3 Å². The summed E-state index contributed by atoms with van der Waals surface area (Å²) in [6.45, 7) is 4.78. The molecule has 1 saturated heterocycles. The monoisotopic (exact) mass is 321 g/mol. The molecule has 100 valence electrons. The molecule has 0 aromatic heterocycles. The van der Waals surface area contributed by atoms with E-state index in [-0.39, 0.29) is 11.9 Å². The molecule has 1 unspecified atom stereocenters. The molecule has 1 aliphatic rings. The van der Waals surface area contributed by atoms with E-state index in [0.29, 0.717) is 18.7 Å². The summed E-state index contributed by atoms with van der Waals surface area (Å²) >= 11 is 3.36. The highest BCUT2D eigenvalue weighted by atomic mass is 79.9. The number of amides is 1. The fourth-order valence-corrected chi connectivity index (χ4v) is 2.43. The van der Waals surface area contributed by atoms with Crippen molar-refractivity contribution >= 4 is 21.8 Å². The van der Waals surface area contributed by atoms with Crippen molar-refractivity contribution < 1.29 is 4.79 Å². The second kappa shape index (κ2) is 6.18. The van der Waals surface area contributed by atoms with E-state index in [0.717, 1.165) is 17.6 Å². The van der Waals surface area contributed by atoms with E-state index >= 15 is 0 Å². The number of carbonyl (C=O) groups is 1. The topological polar surface area (TPSA) is 47.3 Å². The molecule has 1 amide bonds. The fourth-order valence-electron chi connectivity index (χ4n) is 2.17. The number of hydrogen-bond acceptors (Lipinski definition) is 3. The third-order valence-electron chi connectivity index (χ3n) is 3.43. The van der Waals surface area contributed by atoms with Gasteiger partial charge in [0, 0.05) is 36.2 Å². The molecule has 1 fully saturated rings. The molecule has 2 rings (SSSR count). The SMILES string of the molecule is CC(C#N)N1CCN(C(=O)c2ccc(Br)cc2)CC1. The van der Waals surface area contributed by atoms with Crippen molar-refractivity contribution in [2.24, 2.45) is 0 Å². The third-order valence-corrected chi connectivity index (χ3v) is 3.96. The lowest BCUT2D eigenvalue weighted by Gasteiger charge is -2.35. The van der Waals surface area contributed by atoms with E-state index in [1.54, 1.807) is 0 Å². The lowest BCUT2D eigenvalue weighted by molar-refractivity contribution is 0.0615. The molecule has 1 aromatic rings. The van der Waals surface area contributed by atoms with Crippen molar-refractivity contribution in [1.29, 1.82) is 5.26 Å². The minimum atomic E-state index is -0.0788. The molecule has 1 aliphatic heterocycles. The average molecular weight is 322 g/mol. The summed E-state index contributed by atoms with van der Waals surface area (Å²) in [6.07, 6.45) is 0. The third kappa shape index (κ3) is 3.34. The molecule has 1 atom stereocenters. The summed E-state index contributed by atoms with van der Waals surface area (Å²) in [5.41, 5.74) is 0.713. The maximum Gasteiger partial charge on any atom is 0.253 e. The van der Waals surface area contributed by atoms with Gasteiger partial charge in [-0.05, 0) is 31.2 Å². The van der Waals surface area contributed by atoms with E-state index in [1.807, 2.05) is 36.1 Å². The summed E-state index contributed by atoms with van der Waals surface area (Å²) < 4.78 is 0.969. The number of piperazine rings is 1. The summed E-state index contributed by atoms with van der Waals surface area (Å²) in [6, 6.07) is 9.57. The molecule has 0 spiro atoms. The van der Waals surface area contributed by atoms with Crippen LogP contribution >= 0.6 is 15.9 Å². The predicted molar refractivity (Wildman–Crippen MR) is 76.7 cm³/mol. The highest BCUT2D eigenvalue weighted by molar-refractivity contribution is 9.10. The number of halogens is 1. The van der Waals surface area contributed by atoms with E-state index in [2.05, 4.69) is 26.9 Å². The number of nitrogens with zero attached hydrogens (tertiary/aromatic N) is 3. The molecule has 0 bridgehead atoms. The normalized spacial score (nSPS) is 17.8. The molecule has 0 saturated carbocycles. The van der Waals surface area contributed by atoms with Crippen LogP contribution in [0.25, 0.3) is 0 Å². The van der Waals surface area contributed by atoms with Crippen LogP contribution in [0.5, 0.6) is 0 Å². The van der Waals surface area contributed by atoms with Gasteiger partial charge in [0.05, 0.1) is 12.1 Å². The maximum absolute atomic E-state index is 12.3. The zero-order valence-corrected chi connectivity index (χ0v) is 12.4. The zero-order valence-electron chi connectivity index (χ0n) is 10.8. The van der Waals surface area contributed by atoms with Gasteiger partial charge in [-0.2, -0.15) is 5.26 Å². The quantitative estimate of drug-likeness (QED) is 0.838. The average Bonchev–Trinajstić information content (AvgIpc) is 2.46. The predicted octanol–water partition coefficient (Wildman–Crippen LogP) is 2.12. The second-order valence-electron chi connectivity index (χ2n) is 4.64. The largest absolute Gasteiger partial charge is 0.336 e. The molecular formula is C14H16BrN3O. The molecule has 5 heteroatoms. The van der Waals surface area contributed by atoms with E-state index in [1.165, 1.54) is 0 Å². The van der Waals surface area contributed by atoms with Gasteiger partial charge in [0.15, 0.2) is 0 Å². The summed E-state index contributed by atoms with van der Waals surface area (Å²) in [4.78, 5) is 16.2. The first-order valence-corrected chi connectivity index (χ1v) is 7.09. The highest BCUT2D eigenvalue weighted by Gasteiger charge is 2.24. The van der Waals surface area contributed by atoms with Gasteiger partial charge in [0.25, 0.3) is 5.91 Å². The van der Waals surface area contributed by atoms with Gasteiger partial charge in [-0.15, -0.1) is 0 Å². The van der Waals surface area contributed by atoms with Crippen LogP contribution in [0.4, 0.5) is 0 Å². The molecule has 4 nitrogen and oxygen atoms in total. The van der Waals surface area contributed by atoms with Crippen LogP contribution in [-0.4, -0.2) is 47.9 Å². The first kappa shape index (κ1) is 14.0. The first-order chi connectivity index (χ1) is 9.11. The molecule has 0 radical (unpaired) electrons. The van der Waals surface area contributed by atoms with Crippen molar-refractivity contribution in [2.75, 3.05) is 26.2 Å². The maximum atomic E-state index is 12.3. The number of rotatable bonds is 2. The summed E-state index contributed by atoms with van der Waals surface area (Å²) in [7, 11) is 0. The van der Waals surface area contributed by atoms with Gasteiger partial charge in [-0.3, -0.25) is 9.69 Å². The molecule has 1 heterocycles. The Kier molecular flexibility index (Phi) is 4.56. The molecule has 1 aromatic carbocycles. The van der Waals surface area contributed by atoms with Crippen molar-refractivity contribution in [3.05, 3.63) is 34.3 Å². The zero-order chi connectivity index (χ0) is 13.8. The number of benzene rings is 1. The Morgan fingerprint density at radius 3 is 2.37 bits per heavy atom. The van der Waals surface area contributed by atoms with E-state index in [9.17, 15) is 4.79 Å². The van der Waals surface area contributed by atoms with Gasteiger partial charge in [-0.25, -0.2) is 0 Å². The van der Waals surface area contributed by atoms with Gasteiger partial charge < -0.3 is 4.90 Å². The number of carbonyl (C=O) groups excluding carboxylic acids is 1. The van der Waals surface area contributed by atoms with Crippen LogP contribution in [-0.2, 0) is 0 Å². The van der Waals surface area contributed by atoms with Gasteiger partial charge in [-0.1, -0.05) is 15.9 Å². The molecular weight excluding hydrogens is 306 g/mol. The number of hydrogen-bond donors (Lipinski definition) is 0. The molecule has 19 heavy (non-hydrogen) atoms. The number of nitriles is 1. The Balaban J connectivity index is 1.96. The van der Waals surface area contributed by atoms with Gasteiger partial charge in [0.2, 0.25) is 0 Å². The van der Waals surface area contributed by atoms with Crippen LogP contribution in [0.15, 0.2) is 28.7 Å². The van der Waals surface area contributed by atoms with Crippen molar-refractivity contribution in [3.63, 3.8) is 0 Å². The Hall–Kier alpha value is -1.38. The van der Waals surface area contributed by atoms with Gasteiger partial charge >= 0.3 is 0 Å². The van der Waals surface area contributed by atoms with E-state index in [4.69, 9.17) is 5.26 Å². The van der Waals surface area contributed by atoms with Crippen LogP contribution in [0.2, 0.25) is 0 Å². The Labute approximate surface area is 121 Å². The minimum Gasteiger partial charge on any atom is -0.336 e. The van der Waals surface area contributed by atoms with Crippen molar-refractivity contribution in [3.8, 4) is 6.07 Å². The first-order valence-electron chi connectivity index (χ1n) is 6.30. The Morgan fingerprint density at radius 1 is 1.26 bits per heavy atom. The molecule has 0 aliphatic carbocycles. The van der Waals surface area contributed by atoms with Crippen LogP contribution in [0, 0.1) is 11.3 Å². The Morgan fingerprint density at radius 2 is 1.84 bits per heavy atom. The van der Waals surface area contributed by atoms with Crippen LogP contribution < -0.4 is 0 Å². The highest BCUT2D eigenvalue weighted by Crippen LogP contribution is 2.14. The second-order valence-corrected chi connectivity index (χ2v) is 5.56. The lowest BCUT2D eigenvalue weighted by Crippen LogP contribution is -2.51. The summed E-state index contributed by atoms with van der Waals surface area (Å²) in [5.74, 6) is 0.0664. The standard InChI is InChI=1S/C14H16BrN3O/c1-11(10-16)17-6-8-18(9-7-17)14(19)12-2-4-13(15)5-3-12/h2-5,11H,6-9H2,1H3. The summed E-state index contributed by atoms with van der Waals surface area (Å²) in [5, 5.41) is 8.89. The van der Waals surface area contributed by atoms with Crippen molar-refractivity contribution in [2.45, 2.75) is 13.0 Å². The molecule has 0 N–H and O–H groups in total. The van der Waals surface area contributed by atoms with Gasteiger partial charge in [0.1, 0.15) is 0 Å². The smallest absolute Gasteiger partial charge is 0.253 e. The van der Waals surface area contributed by atoms with Crippen molar-refractivity contribution in [1.82, 2.24) is 9.80 Å². The van der Waals surface area contributed by atoms with E-state index < -0.39 is 0 Å².